The highest BCUT2D eigenvalue weighted by molar-refractivity contribution is 6.38. The monoisotopic (exact) mass is 462 g/mol. The van der Waals surface area contributed by atoms with Crippen molar-refractivity contribution in [1.29, 1.82) is 5.26 Å². The summed E-state index contributed by atoms with van der Waals surface area (Å²) in [5.74, 6) is -6.49. The molecule has 10 nitrogen and oxygen atoms in total. The van der Waals surface area contributed by atoms with Gasteiger partial charge in [-0.2, -0.15) is 10.2 Å². The summed E-state index contributed by atoms with van der Waals surface area (Å²) in [6, 6.07) is 2.66. The number of nitriles is 1. The van der Waals surface area contributed by atoms with Gasteiger partial charge in [0.2, 0.25) is 5.78 Å². The second kappa shape index (κ2) is 7.21. The van der Waals surface area contributed by atoms with Crippen LogP contribution in [0.5, 0.6) is 0 Å². The fourth-order valence-electron chi connectivity index (χ4n) is 3.68. The molecule has 1 aromatic carbocycles. The van der Waals surface area contributed by atoms with Crippen LogP contribution >= 0.6 is 11.6 Å². The normalized spacial score (nSPS) is 20.3. The maximum absolute atomic E-state index is 14.9. The third-order valence-electron chi connectivity index (χ3n) is 5.18. The number of hydrogen-bond acceptors (Lipinski definition) is 8. The Kier molecular flexibility index (Phi) is 4.87. The van der Waals surface area contributed by atoms with Crippen LogP contribution in [0.1, 0.15) is 15.9 Å². The molecule has 2 aliphatic heterocycles. The number of carboxylic acid groups (broad SMARTS) is 1. The Morgan fingerprint density at radius 2 is 2.03 bits per heavy atom. The Labute approximate surface area is 183 Å². The van der Waals surface area contributed by atoms with E-state index in [4.69, 9.17) is 23.1 Å². The van der Waals surface area contributed by atoms with Crippen molar-refractivity contribution >= 4 is 46.4 Å². The first-order valence-electron chi connectivity index (χ1n) is 9.00. The molecular weight excluding hydrogens is 450 g/mol. The first-order chi connectivity index (χ1) is 15.0. The number of benzene rings is 1. The molecule has 1 unspecified atom stereocenters. The van der Waals surface area contributed by atoms with Crippen molar-refractivity contribution in [3.05, 3.63) is 56.9 Å². The van der Waals surface area contributed by atoms with Gasteiger partial charge in [0.05, 0.1) is 11.3 Å². The van der Waals surface area contributed by atoms with Crippen molar-refractivity contribution in [3.8, 4) is 6.07 Å². The summed E-state index contributed by atoms with van der Waals surface area (Å²) in [7, 11) is 0. The molecule has 13 heteroatoms. The SMILES string of the molecule is N#Cc1cc(F)c(N)nc1[N+]1([O-])C=C(C(=O)O)C(=O)c2cc(F)c(N3CC(N)C3)c(Cl)c21. The lowest BCUT2D eigenvalue weighted by Crippen LogP contribution is -2.56. The molecule has 0 aliphatic carbocycles. The van der Waals surface area contributed by atoms with E-state index in [1.807, 2.05) is 0 Å². The number of carbonyl (C=O) groups excluding carboxylic acids is 1. The number of carbonyl (C=O) groups is 2. The quantitative estimate of drug-likeness (QED) is 0.350. The summed E-state index contributed by atoms with van der Waals surface area (Å²) >= 11 is 6.40. The number of aliphatic carboxylic acids is 1. The number of nitrogen functional groups attached to an aromatic ring is 1. The largest absolute Gasteiger partial charge is 0.615 e. The Bertz CT molecular complexity index is 1290. The second-order valence-electron chi connectivity index (χ2n) is 7.26. The minimum absolute atomic E-state index is 0.212. The number of quaternary nitrogens is 1. The molecule has 0 saturated carbocycles. The van der Waals surface area contributed by atoms with Gasteiger partial charge in [-0.3, -0.25) is 4.79 Å². The van der Waals surface area contributed by atoms with Crippen LogP contribution in [0.4, 0.5) is 31.8 Å². The number of ketones is 1. The Morgan fingerprint density at radius 1 is 1.38 bits per heavy atom. The van der Waals surface area contributed by atoms with Gasteiger partial charge in [-0.1, -0.05) is 11.6 Å². The molecule has 1 fully saturated rings. The highest BCUT2D eigenvalue weighted by Gasteiger charge is 2.45. The summed E-state index contributed by atoms with van der Waals surface area (Å²) in [5, 5.41) is 32.5. The van der Waals surface area contributed by atoms with Crippen molar-refractivity contribution in [2.24, 2.45) is 5.73 Å². The van der Waals surface area contributed by atoms with Gasteiger partial charge in [0.1, 0.15) is 28.7 Å². The third-order valence-corrected chi connectivity index (χ3v) is 5.53. The number of pyridine rings is 1. The van der Waals surface area contributed by atoms with Crippen molar-refractivity contribution in [1.82, 2.24) is 9.63 Å². The van der Waals surface area contributed by atoms with Crippen LogP contribution in [0.15, 0.2) is 23.9 Å². The third kappa shape index (κ3) is 2.99. The van der Waals surface area contributed by atoms with Crippen LogP contribution in [-0.4, -0.2) is 41.0 Å². The van der Waals surface area contributed by atoms with E-state index in [0.29, 0.717) is 18.3 Å². The summed E-state index contributed by atoms with van der Waals surface area (Å²) in [5.41, 5.74) is 8.19. The number of fused-ring (bicyclic) bond motifs is 1. The number of anilines is 2. The van der Waals surface area contributed by atoms with E-state index in [1.165, 1.54) is 4.90 Å². The van der Waals surface area contributed by atoms with E-state index in [2.05, 4.69) is 4.98 Å². The van der Waals surface area contributed by atoms with Gasteiger partial charge in [0, 0.05) is 25.2 Å². The zero-order valence-corrected chi connectivity index (χ0v) is 16.7. The van der Waals surface area contributed by atoms with Crippen molar-refractivity contribution in [2.75, 3.05) is 23.7 Å². The van der Waals surface area contributed by atoms with Crippen molar-refractivity contribution < 1.29 is 23.5 Å². The lowest BCUT2D eigenvalue weighted by Gasteiger charge is -2.43. The Balaban J connectivity index is 2.09. The molecule has 0 amide bonds. The maximum atomic E-state index is 14.9. The molecule has 0 radical (unpaired) electrons. The molecule has 164 valence electrons. The topological polar surface area (TPSA) is 169 Å². The van der Waals surface area contributed by atoms with Gasteiger partial charge in [-0.05, 0) is 6.07 Å². The molecule has 2 aliphatic rings. The molecule has 4 rings (SSSR count). The van der Waals surface area contributed by atoms with E-state index in [1.54, 1.807) is 6.07 Å². The number of nitrogens with zero attached hydrogens (tertiary/aromatic N) is 4. The van der Waals surface area contributed by atoms with Gasteiger partial charge in [0.15, 0.2) is 22.9 Å². The summed E-state index contributed by atoms with van der Waals surface area (Å²) in [4.78, 5) is 29.5. The average molecular weight is 463 g/mol. The predicted molar refractivity (Wildman–Crippen MR) is 110 cm³/mol. The second-order valence-corrected chi connectivity index (χ2v) is 7.63. The fourth-order valence-corrected chi connectivity index (χ4v) is 4.12. The molecule has 5 N–H and O–H groups in total. The highest BCUT2D eigenvalue weighted by Crippen LogP contribution is 2.51. The number of carboxylic acids is 1. The zero-order valence-electron chi connectivity index (χ0n) is 16.0. The first-order valence-corrected chi connectivity index (χ1v) is 9.37. The Morgan fingerprint density at radius 3 is 2.59 bits per heavy atom. The molecule has 1 saturated heterocycles. The average Bonchev–Trinajstić information content (AvgIpc) is 2.70. The maximum Gasteiger partial charge on any atom is 0.345 e. The Hall–Kier alpha value is -3.63. The van der Waals surface area contributed by atoms with E-state index >= 15 is 0 Å². The number of halogens is 3. The molecule has 3 heterocycles. The predicted octanol–water partition coefficient (Wildman–Crippen LogP) is 1.92. The lowest BCUT2D eigenvalue weighted by molar-refractivity contribution is -0.132. The summed E-state index contributed by atoms with van der Waals surface area (Å²) in [6.07, 6.45) is 0.461. The number of hydroxylamine groups is 1. The highest BCUT2D eigenvalue weighted by atomic mass is 35.5. The number of nitrogens with two attached hydrogens (primary N) is 2. The molecule has 32 heavy (non-hydrogen) atoms. The van der Waals surface area contributed by atoms with E-state index < -0.39 is 67.1 Å². The number of rotatable bonds is 3. The number of Topliss-reactive ketones (excluding diaryl/α,β-unsaturated/α-hetero) is 1. The van der Waals surface area contributed by atoms with E-state index in [9.17, 15) is 33.9 Å². The van der Waals surface area contributed by atoms with Gasteiger partial charge in [-0.15, -0.1) is 0 Å². The van der Waals surface area contributed by atoms with Gasteiger partial charge >= 0.3 is 5.97 Å². The molecule has 2 aromatic rings. The smallest absolute Gasteiger partial charge is 0.345 e. The van der Waals surface area contributed by atoms with Crippen molar-refractivity contribution in [3.63, 3.8) is 0 Å². The lowest BCUT2D eigenvalue weighted by atomic mass is 9.95. The van der Waals surface area contributed by atoms with Crippen LogP contribution in [0.25, 0.3) is 0 Å². The van der Waals surface area contributed by atoms with E-state index in [-0.39, 0.29) is 24.8 Å². The van der Waals surface area contributed by atoms with Crippen LogP contribution in [0.2, 0.25) is 5.02 Å². The summed E-state index contributed by atoms with van der Waals surface area (Å²) < 4.78 is 26.8. The van der Waals surface area contributed by atoms with Gasteiger partial charge < -0.3 is 26.7 Å². The van der Waals surface area contributed by atoms with E-state index in [0.717, 1.165) is 0 Å². The minimum atomic E-state index is -1.98. The van der Waals surface area contributed by atoms with Gasteiger partial charge in [-0.25, -0.2) is 18.2 Å². The number of aromatic nitrogens is 1. The van der Waals surface area contributed by atoms with Crippen LogP contribution in [0.3, 0.4) is 0 Å². The molecule has 1 aromatic heterocycles. The standard InChI is InChI=1S/C19H13ClF2N6O4/c20-13-14(27-4-8(24)5-27)11(21)2-9-15(13)28(32,6-10(16(9)29)19(30)31)18-7(3-23)1-12(22)17(25)26-18/h1-2,6,8H,4-5,24H2,(H2,25,26)(H,30,31). The van der Waals surface area contributed by atoms with Crippen LogP contribution < -0.4 is 21.0 Å². The first kappa shape index (κ1) is 21.6. The molecule has 0 spiro atoms. The van der Waals surface area contributed by atoms with Gasteiger partial charge in [0.25, 0.3) is 5.82 Å². The zero-order chi connectivity index (χ0) is 23.5. The molecule has 1 atom stereocenters. The fraction of sp³-hybridized carbons (Fsp3) is 0.158. The molecule has 0 bridgehead atoms. The number of hydrogen-bond donors (Lipinski definition) is 3. The van der Waals surface area contributed by atoms with Crippen LogP contribution in [0, 0.1) is 28.2 Å². The molecular formula is C19H13ClF2N6O4. The minimum Gasteiger partial charge on any atom is -0.615 e. The summed E-state index contributed by atoms with van der Waals surface area (Å²) in [6.45, 7) is 0.424. The van der Waals surface area contributed by atoms with Crippen molar-refractivity contribution in [2.45, 2.75) is 6.04 Å². The van der Waals surface area contributed by atoms with Crippen LogP contribution in [-0.2, 0) is 4.79 Å².